The van der Waals surface area contributed by atoms with Gasteiger partial charge in [0, 0.05) is 38.6 Å². The van der Waals surface area contributed by atoms with Gasteiger partial charge in [-0.15, -0.1) is 10.2 Å². The van der Waals surface area contributed by atoms with E-state index in [0.29, 0.717) is 43.9 Å². The maximum Gasteiger partial charge on any atom is 0.317 e. The number of nitrogens with zero attached hydrogens (tertiary/aromatic N) is 3. The summed E-state index contributed by atoms with van der Waals surface area (Å²) < 4.78 is 11.1. The summed E-state index contributed by atoms with van der Waals surface area (Å²) in [4.78, 5) is 14.1. The van der Waals surface area contributed by atoms with Crippen molar-refractivity contribution in [1.29, 1.82) is 0 Å². The molecule has 1 aromatic rings. The van der Waals surface area contributed by atoms with Crippen molar-refractivity contribution in [3.63, 3.8) is 0 Å². The van der Waals surface area contributed by atoms with E-state index < -0.39 is 0 Å². The number of ether oxygens (including phenoxy) is 1. The van der Waals surface area contributed by atoms with E-state index in [1.807, 2.05) is 18.7 Å². The van der Waals surface area contributed by atoms with E-state index >= 15 is 0 Å². The molecule has 23 heavy (non-hydrogen) atoms. The van der Waals surface area contributed by atoms with Gasteiger partial charge in [0.1, 0.15) is 0 Å². The highest BCUT2D eigenvalue weighted by molar-refractivity contribution is 5.74. The minimum absolute atomic E-state index is 0.0275. The van der Waals surface area contributed by atoms with E-state index in [2.05, 4.69) is 29.4 Å². The Labute approximate surface area is 137 Å². The van der Waals surface area contributed by atoms with Crippen molar-refractivity contribution in [2.24, 2.45) is 11.8 Å². The molecule has 0 spiro atoms. The van der Waals surface area contributed by atoms with Crippen LogP contribution in [0.3, 0.4) is 0 Å². The molecular formula is C16H28N4O3. The van der Waals surface area contributed by atoms with Crippen LogP contribution >= 0.6 is 0 Å². The normalized spacial score (nSPS) is 21.4. The second-order valence-electron chi connectivity index (χ2n) is 6.94. The number of methoxy groups -OCH3 is 1. The summed E-state index contributed by atoms with van der Waals surface area (Å²) in [6, 6.07) is -0.0362. The van der Waals surface area contributed by atoms with Crippen LogP contribution in [0.25, 0.3) is 0 Å². The lowest BCUT2D eigenvalue weighted by Gasteiger charge is -2.18. The minimum Gasteiger partial charge on any atom is -0.425 e. The molecule has 1 aliphatic heterocycles. The summed E-state index contributed by atoms with van der Waals surface area (Å²) in [6.07, 6.45) is 0. The molecule has 1 fully saturated rings. The van der Waals surface area contributed by atoms with Gasteiger partial charge in [-0.25, -0.2) is 4.79 Å². The third-order valence-corrected chi connectivity index (χ3v) is 4.04. The topological polar surface area (TPSA) is 80.5 Å². The summed E-state index contributed by atoms with van der Waals surface area (Å²) in [5, 5.41) is 11.3. The van der Waals surface area contributed by atoms with Gasteiger partial charge in [-0.3, -0.25) is 0 Å². The first-order chi connectivity index (χ1) is 10.9. The van der Waals surface area contributed by atoms with Gasteiger partial charge in [0.05, 0.1) is 12.5 Å². The zero-order valence-electron chi connectivity index (χ0n) is 14.7. The smallest absolute Gasteiger partial charge is 0.317 e. The molecular weight excluding hydrogens is 296 g/mol. The van der Waals surface area contributed by atoms with E-state index in [0.717, 1.165) is 0 Å². The number of hydrogen-bond donors (Lipinski definition) is 1. The molecule has 130 valence electrons. The number of carbonyl (C=O) groups is 1. The van der Waals surface area contributed by atoms with Crippen molar-refractivity contribution in [2.45, 2.75) is 39.5 Å². The second-order valence-corrected chi connectivity index (χ2v) is 6.94. The lowest BCUT2D eigenvalue weighted by Crippen LogP contribution is -2.40. The molecule has 2 atom stereocenters. The van der Waals surface area contributed by atoms with E-state index in [9.17, 15) is 4.79 Å². The van der Waals surface area contributed by atoms with Gasteiger partial charge in [0.25, 0.3) is 0 Å². The van der Waals surface area contributed by atoms with E-state index in [1.165, 1.54) is 0 Å². The zero-order valence-corrected chi connectivity index (χ0v) is 14.7. The Kier molecular flexibility index (Phi) is 5.98. The molecule has 2 heterocycles. The van der Waals surface area contributed by atoms with Gasteiger partial charge < -0.3 is 19.4 Å². The van der Waals surface area contributed by atoms with Crippen LogP contribution < -0.4 is 5.32 Å². The fourth-order valence-corrected chi connectivity index (χ4v) is 2.73. The average Bonchev–Trinajstić information content (AvgIpc) is 3.11. The molecule has 2 amide bonds. The van der Waals surface area contributed by atoms with Crippen molar-refractivity contribution in [1.82, 2.24) is 20.4 Å². The van der Waals surface area contributed by atoms with E-state index in [4.69, 9.17) is 9.15 Å². The Balaban J connectivity index is 2.06. The summed E-state index contributed by atoms with van der Waals surface area (Å²) in [7, 11) is 1.67. The fourth-order valence-electron chi connectivity index (χ4n) is 2.73. The number of hydrogen-bond acceptors (Lipinski definition) is 5. The van der Waals surface area contributed by atoms with Crippen molar-refractivity contribution >= 4 is 6.03 Å². The standard InChI is InChI=1S/C16H28N4O3/c1-10(2)6-17-16(21)20-7-12(9-22-5)13(8-20)15-19-18-14(23-15)11(3)4/h10-13H,6-9H2,1-5H3,(H,17,21)/t12-,13+/m0/s1. The Morgan fingerprint density at radius 2 is 2.09 bits per heavy atom. The maximum absolute atomic E-state index is 12.3. The molecule has 0 radical (unpaired) electrons. The minimum atomic E-state index is -0.0362. The van der Waals surface area contributed by atoms with E-state index in [-0.39, 0.29) is 23.8 Å². The fraction of sp³-hybridized carbons (Fsp3) is 0.812. The van der Waals surface area contributed by atoms with Gasteiger partial charge in [0.2, 0.25) is 11.8 Å². The summed E-state index contributed by atoms with van der Waals surface area (Å²) in [5.41, 5.74) is 0. The molecule has 7 nitrogen and oxygen atoms in total. The number of aromatic nitrogens is 2. The van der Waals surface area contributed by atoms with Crippen molar-refractivity contribution in [2.75, 3.05) is 33.4 Å². The number of nitrogens with one attached hydrogen (secondary N) is 1. The average molecular weight is 324 g/mol. The van der Waals surface area contributed by atoms with Gasteiger partial charge >= 0.3 is 6.03 Å². The summed E-state index contributed by atoms with van der Waals surface area (Å²) in [5.74, 6) is 2.07. The highest BCUT2D eigenvalue weighted by Crippen LogP contribution is 2.33. The van der Waals surface area contributed by atoms with Crippen LogP contribution in [0.1, 0.15) is 51.3 Å². The Morgan fingerprint density at radius 1 is 1.35 bits per heavy atom. The van der Waals surface area contributed by atoms with Crippen molar-refractivity contribution < 1.29 is 13.9 Å². The molecule has 1 N–H and O–H groups in total. The lowest BCUT2D eigenvalue weighted by molar-refractivity contribution is 0.144. The Morgan fingerprint density at radius 3 is 2.65 bits per heavy atom. The van der Waals surface area contributed by atoms with E-state index in [1.54, 1.807) is 7.11 Å². The quantitative estimate of drug-likeness (QED) is 0.868. The predicted octanol–water partition coefficient (Wildman–Crippen LogP) is 2.22. The second kappa shape index (κ2) is 7.77. The van der Waals surface area contributed by atoms with Crippen molar-refractivity contribution in [3.05, 3.63) is 11.8 Å². The highest BCUT2D eigenvalue weighted by Gasteiger charge is 2.39. The molecule has 0 aromatic carbocycles. The number of urea groups is 1. The molecule has 2 rings (SSSR count). The van der Waals surface area contributed by atoms with Crippen LogP contribution in [0.15, 0.2) is 4.42 Å². The highest BCUT2D eigenvalue weighted by atomic mass is 16.5. The number of rotatable bonds is 6. The van der Waals surface area contributed by atoms with Crippen LogP contribution in [-0.2, 0) is 4.74 Å². The predicted molar refractivity (Wildman–Crippen MR) is 86.3 cm³/mol. The molecule has 7 heteroatoms. The molecule has 0 saturated carbocycles. The van der Waals surface area contributed by atoms with Crippen LogP contribution in [0.5, 0.6) is 0 Å². The maximum atomic E-state index is 12.3. The molecule has 1 aliphatic rings. The molecule has 1 aromatic heterocycles. The third kappa shape index (κ3) is 4.43. The van der Waals surface area contributed by atoms with Crippen LogP contribution in [0.2, 0.25) is 0 Å². The van der Waals surface area contributed by atoms with Gasteiger partial charge in [-0.1, -0.05) is 27.7 Å². The van der Waals surface area contributed by atoms with Crippen LogP contribution in [0, 0.1) is 11.8 Å². The third-order valence-electron chi connectivity index (χ3n) is 4.04. The summed E-state index contributed by atoms with van der Waals surface area (Å²) in [6.45, 7) is 10.7. The molecule has 0 bridgehead atoms. The molecule has 0 aliphatic carbocycles. The van der Waals surface area contributed by atoms with Crippen molar-refractivity contribution in [3.8, 4) is 0 Å². The largest absolute Gasteiger partial charge is 0.425 e. The zero-order chi connectivity index (χ0) is 17.0. The monoisotopic (exact) mass is 324 g/mol. The first-order valence-electron chi connectivity index (χ1n) is 8.27. The van der Waals surface area contributed by atoms with Crippen LogP contribution in [-0.4, -0.2) is 54.5 Å². The SMILES string of the molecule is COC[C@@H]1CN(C(=O)NCC(C)C)C[C@H]1c1nnc(C(C)C)o1. The number of likely N-dealkylation sites (tertiary alicyclic amines) is 1. The van der Waals surface area contributed by atoms with Gasteiger partial charge in [-0.05, 0) is 5.92 Å². The lowest BCUT2D eigenvalue weighted by atomic mass is 9.97. The molecule has 1 saturated heterocycles. The van der Waals surface area contributed by atoms with Gasteiger partial charge in [-0.2, -0.15) is 0 Å². The first-order valence-corrected chi connectivity index (χ1v) is 8.27. The first kappa shape index (κ1) is 17.7. The van der Waals surface area contributed by atoms with Gasteiger partial charge in [0.15, 0.2) is 0 Å². The number of amides is 2. The van der Waals surface area contributed by atoms with Crippen LogP contribution in [0.4, 0.5) is 4.79 Å². The molecule has 0 unspecified atom stereocenters. The Bertz CT molecular complexity index is 515. The number of carbonyl (C=O) groups excluding carboxylic acids is 1. The summed E-state index contributed by atoms with van der Waals surface area (Å²) >= 11 is 0. The Hall–Kier alpha value is -1.63.